The number of nitrogen functional groups attached to an aromatic ring is 1. The van der Waals surface area contributed by atoms with E-state index < -0.39 is 0 Å². The van der Waals surface area contributed by atoms with Crippen LogP contribution in [0.5, 0.6) is 5.75 Å². The molecule has 2 aromatic carbocycles. The third kappa shape index (κ3) is 2.61. The first kappa shape index (κ1) is 13.9. The number of benzene rings is 2. The second-order valence-electron chi connectivity index (χ2n) is 5.01. The molecule has 0 spiro atoms. The first-order chi connectivity index (χ1) is 10.1. The molecule has 1 amide bonds. The minimum absolute atomic E-state index is 0.0996. The summed E-state index contributed by atoms with van der Waals surface area (Å²) in [5.74, 6) is 0.877. The highest BCUT2D eigenvalue weighted by molar-refractivity contribution is 9.10. The number of carbonyl (C=O) groups excluding carboxylic acids is 1. The Kier molecular flexibility index (Phi) is 3.59. The number of carbonyl (C=O) groups is 1. The molecule has 2 N–H and O–H groups in total. The summed E-state index contributed by atoms with van der Waals surface area (Å²) in [6, 6.07) is 11.4. The Morgan fingerprint density at radius 2 is 2.10 bits per heavy atom. The molecule has 3 rings (SSSR count). The molecule has 1 aliphatic heterocycles. The molecule has 5 heteroatoms. The van der Waals surface area contributed by atoms with Gasteiger partial charge in [0.15, 0.2) is 0 Å². The van der Waals surface area contributed by atoms with E-state index in [2.05, 4.69) is 15.9 Å². The smallest absolute Gasteiger partial charge is 0.231 e. The van der Waals surface area contributed by atoms with Gasteiger partial charge in [0.1, 0.15) is 5.75 Å². The van der Waals surface area contributed by atoms with E-state index >= 15 is 0 Å². The molecular weight excluding hydrogens is 332 g/mol. The second kappa shape index (κ2) is 5.41. The lowest BCUT2D eigenvalue weighted by molar-refractivity contribution is -0.117. The van der Waals surface area contributed by atoms with Crippen molar-refractivity contribution in [3.63, 3.8) is 0 Å². The Balaban J connectivity index is 1.89. The normalized spacial score (nSPS) is 13.4. The fourth-order valence-corrected chi connectivity index (χ4v) is 3.16. The van der Waals surface area contributed by atoms with Gasteiger partial charge in [-0.1, -0.05) is 6.07 Å². The zero-order valence-corrected chi connectivity index (χ0v) is 13.2. The van der Waals surface area contributed by atoms with Crippen molar-refractivity contribution in [1.29, 1.82) is 0 Å². The van der Waals surface area contributed by atoms with Crippen molar-refractivity contribution in [2.24, 2.45) is 0 Å². The van der Waals surface area contributed by atoms with Crippen molar-refractivity contribution < 1.29 is 9.53 Å². The molecule has 0 fully saturated rings. The highest BCUT2D eigenvalue weighted by atomic mass is 79.9. The monoisotopic (exact) mass is 346 g/mol. The van der Waals surface area contributed by atoms with Crippen LogP contribution in [0.15, 0.2) is 40.9 Å². The van der Waals surface area contributed by atoms with Gasteiger partial charge < -0.3 is 15.4 Å². The first-order valence-corrected chi connectivity index (χ1v) is 7.39. The van der Waals surface area contributed by atoms with E-state index in [9.17, 15) is 4.79 Å². The quantitative estimate of drug-likeness (QED) is 0.868. The molecule has 0 saturated carbocycles. The van der Waals surface area contributed by atoms with E-state index in [1.807, 2.05) is 36.4 Å². The Morgan fingerprint density at radius 1 is 1.29 bits per heavy atom. The first-order valence-electron chi connectivity index (χ1n) is 6.59. The fraction of sp³-hybridized carbons (Fsp3) is 0.188. The number of rotatable bonds is 3. The van der Waals surface area contributed by atoms with Gasteiger partial charge in [0.25, 0.3) is 0 Å². The van der Waals surface area contributed by atoms with Crippen LogP contribution < -0.4 is 15.4 Å². The summed E-state index contributed by atoms with van der Waals surface area (Å²) >= 11 is 3.47. The molecule has 2 aromatic rings. The van der Waals surface area contributed by atoms with Crippen LogP contribution in [0.25, 0.3) is 0 Å². The molecule has 0 unspecified atom stereocenters. The third-order valence-corrected chi connectivity index (χ3v) is 4.21. The highest BCUT2D eigenvalue weighted by Gasteiger charge is 2.27. The molecule has 21 heavy (non-hydrogen) atoms. The Morgan fingerprint density at radius 3 is 2.81 bits per heavy atom. The molecule has 4 nitrogen and oxygen atoms in total. The van der Waals surface area contributed by atoms with Gasteiger partial charge in [0.2, 0.25) is 5.91 Å². The number of anilines is 2. The minimum Gasteiger partial charge on any atom is -0.496 e. The van der Waals surface area contributed by atoms with Crippen LogP contribution >= 0.6 is 15.9 Å². The summed E-state index contributed by atoms with van der Waals surface area (Å²) in [6.45, 7) is 0.540. The number of hydrogen-bond acceptors (Lipinski definition) is 3. The maximum atomic E-state index is 12.2. The predicted octanol–water partition coefficient (Wildman–Crippen LogP) is 3.13. The summed E-state index contributed by atoms with van der Waals surface area (Å²) in [5, 5.41) is 0. The Bertz CT molecular complexity index is 715. The lowest BCUT2D eigenvalue weighted by atomic mass is 10.1. The largest absolute Gasteiger partial charge is 0.496 e. The van der Waals surface area contributed by atoms with Gasteiger partial charge in [-0.2, -0.15) is 0 Å². The van der Waals surface area contributed by atoms with Gasteiger partial charge >= 0.3 is 0 Å². The van der Waals surface area contributed by atoms with Gasteiger partial charge in [-0.15, -0.1) is 0 Å². The third-order valence-electron chi connectivity index (χ3n) is 3.59. The topological polar surface area (TPSA) is 55.6 Å². The number of ether oxygens (including phenoxy) is 1. The molecule has 0 radical (unpaired) electrons. The zero-order valence-electron chi connectivity index (χ0n) is 11.6. The number of hydrogen-bond donors (Lipinski definition) is 1. The number of fused-ring (bicyclic) bond motifs is 1. The summed E-state index contributed by atoms with van der Waals surface area (Å²) in [6.07, 6.45) is 0.414. The lowest BCUT2D eigenvalue weighted by Crippen LogP contribution is -2.25. The highest BCUT2D eigenvalue weighted by Crippen LogP contribution is 2.33. The van der Waals surface area contributed by atoms with Crippen LogP contribution in [0.2, 0.25) is 0 Å². The molecule has 0 aliphatic carbocycles. The maximum Gasteiger partial charge on any atom is 0.231 e. The van der Waals surface area contributed by atoms with Gasteiger partial charge in [-0.3, -0.25) is 4.79 Å². The van der Waals surface area contributed by atoms with Gasteiger partial charge in [0.05, 0.1) is 24.5 Å². The molecule has 0 aromatic heterocycles. The van der Waals surface area contributed by atoms with Crippen LogP contribution in [-0.2, 0) is 17.8 Å². The molecule has 108 valence electrons. The van der Waals surface area contributed by atoms with E-state index in [0.29, 0.717) is 18.7 Å². The number of methoxy groups -OCH3 is 1. The molecule has 0 saturated heterocycles. The van der Waals surface area contributed by atoms with Crippen LogP contribution in [-0.4, -0.2) is 13.0 Å². The molecule has 0 bridgehead atoms. The number of nitrogens with two attached hydrogens (primary N) is 1. The van der Waals surface area contributed by atoms with Crippen molar-refractivity contribution in [2.75, 3.05) is 17.7 Å². The molecule has 0 atom stereocenters. The molecule has 1 heterocycles. The van der Waals surface area contributed by atoms with Crippen molar-refractivity contribution >= 4 is 33.2 Å². The Labute approximate surface area is 131 Å². The number of amides is 1. The van der Waals surface area contributed by atoms with Gasteiger partial charge in [0, 0.05) is 11.4 Å². The zero-order chi connectivity index (χ0) is 15.0. The molecular formula is C16H15BrN2O2. The van der Waals surface area contributed by atoms with Crippen molar-refractivity contribution in [1.82, 2.24) is 0 Å². The fourth-order valence-electron chi connectivity index (χ4n) is 2.57. The van der Waals surface area contributed by atoms with Crippen LogP contribution in [0.3, 0.4) is 0 Å². The van der Waals surface area contributed by atoms with E-state index in [-0.39, 0.29) is 5.91 Å². The Hall–Kier alpha value is -2.01. The van der Waals surface area contributed by atoms with Gasteiger partial charge in [-0.25, -0.2) is 0 Å². The average Bonchev–Trinajstić information content (AvgIpc) is 2.74. The van der Waals surface area contributed by atoms with Crippen molar-refractivity contribution in [2.45, 2.75) is 13.0 Å². The predicted molar refractivity (Wildman–Crippen MR) is 86.4 cm³/mol. The van der Waals surface area contributed by atoms with Crippen LogP contribution in [0, 0.1) is 0 Å². The second-order valence-corrected chi connectivity index (χ2v) is 5.87. The summed E-state index contributed by atoms with van der Waals surface area (Å²) in [4.78, 5) is 14.0. The van der Waals surface area contributed by atoms with Crippen molar-refractivity contribution in [3.05, 3.63) is 52.0 Å². The SMILES string of the molecule is COc1ccc(CN2C(=O)Cc3cc(N)ccc32)cc1Br. The van der Waals surface area contributed by atoms with Crippen molar-refractivity contribution in [3.8, 4) is 5.75 Å². The minimum atomic E-state index is 0.0996. The number of halogens is 1. The molecule has 1 aliphatic rings. The summed E-state index contributed by atoms with van der Waals surface area (Å²) in [7, 11) is 1.63. The average molecular weight is 347 g/mol. The summed E-state index contributed by atoms with van der Waals surface area (Å²) < 4.78 is 6.10. The van der Waals surface area contributed by atoms with Crippen LogP contribution in [0.4, 0.5) is 11.4 Å². The van der Waals surface area contributed by atoms with E-state index in [1.54, 1.807) is 12.0 Å². The lowest BCUT2D eigenvalue weighted by Gasteiger charge is -2.18. The van der Waals surface area contributed by atoms with Gasteiger partial charge in [-0.05, 0) is 57.4 Å². The maximum absolute atomic E-state index is 12.2. The standard InChI is InChI=1S/C16H15BrN2O2/c1-21-15-5-2-10(6-13(15)17)9-19-14-4-3-12(18)7-11(14)8-16(19)20/h2-7H,8-9,18H2,1H3. The van der Waals surface area contributed by atoms with Crippen LogP contribution in [0.1, 0.15) is 11.1 Å². The van der Waals surface area contributed by atoms with E-state index in [1.165, 1.54) is 0 Å². The summed E-state index contributed by atoms with van der Waals surface area (Å²) in [5.41, 5.74) is 9.45. The van der Waals surface area contributed by atoms with E-state index in [0.717, 1.165) is 27.0 Å². The number of nitrogens with zero attached hydrogens (tertiary/aromatic N) is 1. The van der Waals surface area contributed by atoms with E-state index in [4.69, 9.17) is 10.5 Å².